The van der Waals surface area contributed by atoms with Crippen molar-refractivity contribution in [3.05, 3.63) is 0 Å². The molecule has 0 saturated carbocycles. The summed E-state index contributed by atoms with van der Waals surface area (Å²) in [7, 11) is 0. The Balaban J connectivity index is 1.90. The highest BCUT2D eigenvalue weighted by molar-refractivity contribution is 6.37. The van der Waals surface area contributed by atoms with E-state index >= 15 is 0 Å². The predicted molar refractivity (Wildman–Crippen MR) is 53.4 cm³/mol. The number of hydrogen-bond donors (Lipinski definition) is 1. The number of nitrogens with one attached hydrogen (secondary N) is 1. The van der Waals surface area contributed by atoms with Crippen LogP contribution in [-0.4, -0.2) is 55.5 Å². The van der Waals surface area contributed by atoms with Crippen molar-refractivity contribution in [1.29, 1.82) is 0 Å². The molecule has 0 aromatic heterocycles. The van der Waals surface area contributed by atoms with Gasteiger partial charge in [-0.2, -0.15) is 0 Å². The maximum absolute atomic E-state index is 11.8. The van der Waals surface area contributed by atoms with Crippen LogP contribution >= 0.6 is 0 Å². The number of carbonyl (C=O) groups is 2. The highest BCUT2D eigenvalue weighted by Crippen LogP contribution is 2.14. The van der Waals surface area contributed by atoms with E-state index < -0.39 is 6.10 Å². The Kier molecular flexibility index (Phi) is 3.33. The molecule has 2 saturated heterocycles. The van der Waals surface area contributed by atoms with Crippen molar-refractivity contribution in [2.24, 2.45) is 0 Å². The van der Waals surface area contributed by atoms with E-state index in [4.69, 9.17) is 4.74 Å². The maximum atomic E-state index is 11.8. The molecular formula is C10H16N2O3. The molecule has 1 N–H and O–H groups in total. The molecule has 0 aliphatic carbocycles. The SMILES string of the molecule is O=C(C(=O)N1CCNCC1)[C@H]1CCCO1. The molecule has 2 fully saturated rings. The molecule has 15 heavy (non-hydrogen) atoms. The number of amides is 1. The van der Waals surface area contributed by atoms with Gasteiger partial charge in [0, 0.05) is 32.8 Å². The maximum Gasteiger partial charge on any atom is 0.292 e. The summed E-state index contributed by atoms with van der Waals surface area (Å²) in [5.74, 6) is -0.738. The van der Waals surface area contributed by atoms with Crippen molar-refractivity contribution >= 4 is 11.7 Å². The normalized spacial score (nSPS) is 26.7. The van der Waals surface area contributed by atoms with Gasteiger partial charge < -0.3 is 15.0 Å². The van der Waals surface area contributed by atoms with Crippen molar-refractivity contribution in [2.45, 2.75) is 18.9 Å². The average Bonchev–Trinajstić information content (AvgIpc) is 2.82. The third-order valence-corrected chi connectivity index (χ3v) is 2.84. The zero-order valence-corrected chi connectivity index (χ0v) is 8.70. The van der Waals surface area contributed by atoms with Crippen LogP contribution in [0.1, 0.15) is 12.8 Å². The van der Waals surface area contributed by atoms with Crippen LogP contribution in [0.2, 0.25) is 0 Å². The highest BCUT2D eigenvalue weighted by Gasteiger charge is 2.32. The van der Waals surface area contributed by atoms with Crippen LogP contribution in [0.3, 0.4) is 0 Å². The van der Waals surface area contributed by atoms with E-state index in [1.54, 1.807) is 4.90 Å². The lowest BCUT2D eigenvalue weighted by molar-refractivity contribution is -0.149. The number of Topliss-reactive ketones (excluding diaryl/α,β-unsaturated/α-hetero) is 1. The van der Waals surface area contributed by atoms with Gasteiger partial charge in [-0.05, 0) is 12.8 Å². The number of ether oxygens (including phenoxy) is 1. The van der Waals surface area contributed by atoms with Gasteiger partial charge in [-0.1, -0.05) is 0 Å². The topological polar surface area (TPSA) is 58.6 Å². The van der Waals surface area contributed by atoms with Gasteiger partial charge in [0.1, 0.15) is 6.10 Å². The summed E-state index contributed by atoms with van der Waals surface area (Å²) in [6.45, 7) is 3.38. The number of hydrogen-bond acceptors (Lipinski definition) is 4. The van der Waals surface area contributed by atoms with Gasteiger partial charge in [0.05, 0.1) is 0 Å². The fraction of sp³-hybridized carbons (Fsp3) is 0.800. The fourth-order valence-electron chi connectivity index (χ4n) is 1.95. The van der Waals surface area contributed by atoms with E-state index in [1.807, 2.05) is 0 Å². The molecule has 0 aromatic rings. The van der Waals surface area contributed by atoms with Crippen LogP contribution in [0.5, 0.6) is 0 Å². The number of carbonyl (C=O) groups excluding carboxylic acids is 2. The third-order valence-electron chi connectivity index (χ3n) is 2.84. The second-order valence-electron chi connectivity index (χ2n) is 3.91. The molecule has 5 nitrogen and oxygen atoms in total. The van der Waals surface area contributed by atoms with Crippen LogP contribution in [0.4, 0.5) is 0 Å². The summed E-state index contributed by atoms with van der Waals surface area (Å²) >= 11 is 0. The zero-order chi connectivity index (χ0) is 10.7. The van der Waals surface area contributed by atoms with E-state index in [0.29, 0.717) is 26.1 Å². The minimum atomic E-state index is -0.479. The summed E-state index contributed by atoms with van der Waals surface area (Å²) < 4.78 is 5.21. The minimum absolute atomic E-state index is 0.366. The fourth-order valence-corrected chi connectivity index (χ4v) is 1.95. The monoisotopic (exact) mass is 212 g/mol. The Labute approximate surface area is 88.8 Å². The van der Waals surface area contributed by atoms with Crippen molar-refractivity contribution < 1.29 is 14.3 Å². The molecule has 2 rings (SSSR count). The van der Waals surface area contributed by atoms with E-state index in [9.17, 15) is 9.59 Å². The van der Waals surface area contributed by atoms with E-state index in [0.717, 1.165) is 19.5 Å². The van der Waals surface area contributed by atoms with Crippen molar-refractivity contribution in [2.75, 3.05) is 32.8 Å². The molecule has 2 aliphatic heterocycles. The largest absolute Gasteiger partial charge is 0.370 e. The summed E-state index contributed by atoms with van der Waals surface area (Å²) in [5.41, 5.74) is 0. The Bertz CT molecular complexity index is 255. The van der Waals surface area contributed by atoms with Gasteiger partial charge in [-0.15, -0.1) is 0 Å². The molecule has 0 bridgehead atoms. The molecule has 1 atom stereocenters. The van der Waals surface area contributed by atoms with Crippen LogP contribution in [0, 0.1) is 0 Å². The molecule has 0 spiro atoms. The predicted octanol–water partition coefficient (Wildman–Crippen LogP) is -0.834. The Hall–Kier alpha value is -0.940. The number of rotatable bonds is 2. The molecule has 2 heterocycles. The molecule has 0 unspecified atom stereocenters. The zero-order valence-electron chi connectivity index (χ0n) is 8.70. The first-order valence-electron chi connectivity index (χ1n) is 5.44. The van der Waals surface area contributed by atoms with Gasteiger partial charge in [-0.3, -0.25) is 9.59 Å². The number of nitrogens with zero attached hydrogens (tertiary/aromatic N) is 1. The highest BCUT2D eigenvalue weighted by atomic mass is 16.5. The Morgan fingerprint density at radius 1 is 1.27 bits per heavy atom. The average molecular weight is 212 g/mol. The molecule has 5 heteroatoms. The Morgan fingerprint density at radius 2 is 2.00 bits per heavy atom. The second kappa shape index (κ2) is 4.72. The first-order valence-corrected chi connectivity index (χ1v) is 5.44. The van der Waals surface area contributed by atoms with Crippen LogP contribution < -0.4 is 5.32 Å². The first kappa shape index (κ1) is 10.6. The minimum Gasteiger partial charge on any atom is -0.370 e. The van der Waals surface area contributed by atoms with Gasteiger partial charge in [0.25, 0.3) is 5.91 Å². The quantitative estimate of drug-likeness (QED) is 0.607. The van der Waals surface area contributed by atoms with Crippen molar-refractivity contribution in [1.82, 2.24) is 10.2 Å². The molecule has 2 aliphatic rings. The van der Waals surface area contributed by atoms with E-state index in [1.165, 1.54) is 0 Å². The lowest BCUT2D eigenvalue weighted by Crippen LogP contribution is -2.50. The summed E-state index contributed by atoms with van der Waals surface area (Å²) in [4.78, 5) is 25.1. The molecule has 84 valence electrons. The van der Waals surface area contributed by atoms with Crippen molar-refractivity contribution in [3.8, 4) is 0 Å². The van der Waals surface area contributed by atoms with Crippen LogP contribution in [-0.2, 0) is 14.3 Å². The van der Waals surface area contributed by atoms with E-state index in [2.05, 4.69) is 5.32 Å². The number of piperazine rings is 1. The summed E-state index contributed by atoms with van der Waals surface area (Å²) in [6, 6.07) is 0. The summed E-state index contributed by atoms with van der Waals surface area (Å²) in [5, 5.41) is 3.14. The first-order chi connectivity index (χ1) is 7.29. The van der Waals surface area contributed by atoms with E-state index in [-0.39, 0.29) is 11.7 Å². The van der Waals surface area contributed by atoms with Crippen molar-refractivity contribution in [3.63, 3.8) is 0 Å². The van der Waals surface area contributed by atoms with Gasteiger partial charge in [-0.25, -0.2) is 0 Å². The molecular weight excluding hydrogens is 196 g/mol. The standard InChI is InChI=1S/C10H16N2O3/c13-9(8-2-1-7-15-8)10(14)12-5-3-11-4-6-12/h8,11H,1-7H2/t8-/m1/s1. The van der Waals surface area contributed by atoms with Gasteiger partial charge in [0.15, 0.2) is 0 Å². The van der Waals surface area contributed by atoms with Crippen LogP contribution in [0.25, 0.3) is 0 Å². The molecule has 1 amide bonds. The lowest BCUT2D eigenvalue weighted by atomic mass is 10.1. The van der Waals surface area contributed by atoms with Gasteiger partial charge in [0.2, 0.25) is 5.78 Å². The molecule has 0 aromatic carbocycles. The van der Waals surface area contributed by atoms with Gasteiger partial charge >= 0.3 is 0 Å². The lowest BCUT2D eigenvalue weighted by Gasteiger charge is -2.27. The second-order valence-corrected chi connectivity index (χ2v) is 3.91. The Morgan fingerprint density at radius 3 is 2.60 bits per heavy atom. The van der Waals surface area contributed by atoms with Crippen LogP contribution in [0.15, 0.2) is 0 Å². The third kappa shape index (κ3) is 2.35. The smallest absolute Gasteiger partial charge is 0.292 e. The summed E-state index contributed by atoms with van der Waals surface area (Å²) in [6.07, 6.45) is 1.09. The number of ketones is 1. The molecule has 0 radical (unpaired) electrons.